The molecule has 4 nitrogen and oxygen atoms in total. The van der Waals surface area contributed by atoms with Gasteiger partial charge in [0.05, 0.1) is 12.6 Å². The summed E-state index contributed by atoms with van der Waals surface area (Å²) >= 11 is 0. The number of hydrogen-bond acceptors (Lipinski definition) is 3. The largest absolute Gasteiger partial charge is 0.393 e. The Labute approximate surface area is 109 Å². The highest BCUT2D eigenvalue weighted by Crippen LogP contribution is 2.35. The van der Waals surface area contributed by atoms with Gasteiger partial charge in [0.2, 0.25) is 5.91 Å². The van der Waals surface area contributed by atoms with Crippen LogP contribution in [0.15, 0.2) is 0 Å². The van der Waals surface area contributed by atoms with Crippen molar-refractivity contribution in [3.05, 3.63) is 0 Å². The number of carbonyl (C=O) groups excluding carboxylic acids is 1. The molecule has 2 aliphatic heterocycles. The first kappa shape index (κ1) is 12.4. The van der Waals surface area contributed by atoms with Gasteiger partial charge in [0.25, 0.3) is 0 Å². The van der Waals surface area contributed by atoms with E-state index in [0.717, 1.165) is 38.5 Å². The second-order valence-corrected chi connectivity index (χ2v) is 6.23. The molecular weight excluding hydrogens is 228 g/mol. The van der Waals surface area contributed by atoms with Gasteiger partial charge in [0.1, 0.15) is 0 Å². The summed E-state index contributed by atoms with van der Waals surface area (Å²) in [4.78, 5) is 14.4. The molecule has 18 heavy (non-hydrogen) atoms. The zero-order valence-electron chi connectivity index (χ0n) is 11.0. The number of nitrogens with zero attached hydrogens (tertiary/aromatic N) is 1. The number of aliphatic hydroxyl groups is 1. The Morgan fingerprint density at radius 2 is 1.72 bits per heavy atom. The first-order chi connectivity index (χ1) is 8.72. The molecule has 0 spiro atoms. The third-order valence-corrected chi connectivity index (χ3v) is 4.91. The molecule has 0 radical (unpaired) electrons. The maximum Gasteiger partial charge on any atom is 0.234 e. The first-order valence-corrected chi connectivity index (χ1v) is 7.45. The van der Waals surface area contributed by atoms with Crippen LogP contribution in [0.5, 0.6) is 0 Å². The predicted molar refractivity (Wildman–Crippen MR) is 69.2 cm³/mol. The molecule has 2 N–H and O–H groups in total. The Balaban J connectivity index is 1.51. The van der Waals surface area contributed by atoms with Gasteiger partial charge in [-0.3, -0.25) is 9.69 Å². The molecule has 1 saturated carbocycles. The molecule has 3 fully saturated rings. The second-order valence-electron chi connectivity index (χ2n) is 6.23. The van der Waals surface area contributed by atoms with Gasteiger partial charge in [-0.15, -0.1) is 0 Å². The summed E-state index contributed by atoms with van der Waals surface area (Å²) in [5, 5.41) is 12.9. The van der Waals surface area contributed by atoms with E-state index in [4.69, 9.17) is 0 Å². The van der Waals surface area contributed by atoms with Crippen LogP contribution >= 0.6 is 0 Å². The Hall–Kier alpha value is -0.610. The molecule has 3 aliphatic rings. The molecule has 1 aliphatic carbocycles. The van der Waals surface area contributed by atoms with Crippen molar-refractivity contribution in [2.75, 3.05) is 6.54 Å². The Kier molecular flexibility index (Phi) is 3.57. The third kappa shape index (κ3) is 2.54. The van der Waals surface area contributed by atoms with Crippen molar-refractivity contribution in [3.8, 4) is 0 Å². The van der Waals surface area contributed by atoms with Gasteiger partial charge in [-0.1, -0.05) is 12.8 Å². The minimum Gasteiger partial charge on any atom is -0.393 e. The van der Waals surface area contributed by atoms with E-state index in [2.05, 4.69) is 10.2 Å². The fourth-order valence-corrected chi connectivity index (χ4v) is 4.01. The minimum absolute atomic E-state index is 0.142. The molecule has 2 unspecified atom stereocenters. The van der Waals surface area contributed by atoms with Gasteiger partial charge >= 0.3 is 0 Å². The van der Waals surface area contributed by atoms with E-state index in [9.17, 15) is 9.90 Å². The lowest BCUT2D eigenvalue weighted by Crippen LogP contribution is -2.50. The lowest BCUT2D eigenvalue weighted by molar-refractivity contribution is -0.124. The van der Waals surface area contributed by atoms with Gasteiger partial charge < -0.3 is 10.4 Å². The van der Waals surface area contributed by atoms with Crippen molar-refractivity contribution in [1.82, 2.24) is 10.2 Å². The monoisotopic (exact) mass is 252 g/mol. The number of hydrogen-bond donors (Lipinski definition) is 2. The van der Waals surface area contributed by atoms with Crippen LogP contribution < -0.4 is 5.32 Å². The fraction of sp³-hybridized carbons (Fsp3) is 0.929. The molecule has 2 heterocycles. The van der Waals surface area contributed by atoms with E-state index in [1.165, 1.54) is 12.8 Å². The number of carbonyl (C=O) groups is 1. The van der Waals surface area contributed by atoms with E-state index in [-0.39, 0.29) is 12.0 Å². The summed E-state index contributed by atoms with van der Waals surface area (Å²) in [6, 6.07) is 1.30. The molecule has 3 rings (SSSR count). The highest BCUT2D eigenvalue weighted by atomic mass is 16.3. The number of fused-ring (bicyclic) bond motifs is 2. The van der Waals surface area contributed by atoms with Crippen molar-refractivity contribution in [2.24, 2.45) is 0 Å². The van der Waals surface area contributed by atoms with Crippen LogP contribution in [-0.4, -0.2) is 46.7 Å². The van der Waals surface area contributed by atoms with Gasteiger partial charge in [-0.25, -0.2) is 0 Å². The highest BCUT2D eigenvalue weighted by Gasteiger charge is 2.40. The van der Waals surface area contributed by atoms with Crippen molar-refractivity contribution in [3.63, 3.8) is 0 Å². The quantitative estimate of drug-likeness (QED) is 0.789. The minimum atomic E-state index is -0.142. The first-order valence-electron chi connectivity index (χ1n) is 7.45. The zero-order chi connectivity index (χ0) is 12.5. The van der Waals surface area contributed by atoms with Gasteiger partial charge in [0.15, 0.2) is 0 Å². The van der Waals surface area contributed by atoms with Crippen LogP contribution in [0.2, 0.25) is 0 Å². The maximum atomic E-state index is 12.1. The molecule has 102 valence electrons. The molecule has 4 heteroatoms. The van der Waals surface area contributed by atoms with Gasteiger partial charge in [0, 0.05) is 18.1 Å². The Morgan fingerprint density at radius 1 is 1.11 bits per heavy atom. The second kappa shape index (κ2) is 5.17. The molecule has 2 bridgehead atoms. The lowest BCUT2D eigenvalue weighted by Gasteiger charge is -2.36. The molecule has 0 aromatic heterocycles. The smallest absolute Gasteiger partial charge is 0.234 e. The molecular formula is C14H24N2O2. The lowest BCUT2D eigenvalue weighted by atomic mass is 10.00. The number of amides is 1. The highest BCUT2D eigenvalue weighted by molar-refractivity contribution is 5.78. The van der Waals surface area contributed by atoms with Crippen LogP contribution in [0.3, 0.4) is 0 Å². The average Bonchev–Trinajstić information content (AvgIpc) is 2.88. The molecule has 0 aromatic carbocycles. The van der Waals surface area contributed by atoms with Crippen molar-refractivity contribution >= 4 is 5.91 Å². The van der Waals surface area contributed by atoms with Gasteiger partial charge in [-0.05, 0) is 38.5 Å². The Bertz CT molecular complexity index is 301. The molecule has 1 amide bonds. The summed E-state index contributed by atoms with van der Waals surface area (Å²) < 4.78 is 0. The van der Waals surface area contributed by atoms with E-state index >= 15 is 0 Å². The number of rotatable bonds is 3. The number of piperidine rings is 1. The van der Waals surface area contributed by atoms with E-state index in [1.54, 1.807) is 0 Å². The molecule has 2 saturated heterocycles. The standard InChI is InChI=1S/C14H24N2O2/c17-13-7-11-5-6-12(8-13)16(11)9-14(18)15-10-3-1-2-4-10/h10-13,17H,1-9H2,(H,15,18). The summed E-state index contributed by atoms with van der Waals surface area (Å²) in [6.07, 6.45) is 8.68. The fourth-order valence-electron chi connectivity index (χ4n) is 4.01. The predicted octanol–water partition coefficient (Wildman–Crippen LogP) is 1.03. The van der Waals surface area contributed by atoms with Crippen molar-refractivity contribution < 1.29 is 9.90 Å². The summed E-state index contributed by atoms with van der Waals surface area (Å²) in [5.41, 5.74) is 0. The SMILES string of the molecule is O=C(CN1C2CCC1CC(O)C2)NC1CCCC1. The summed E-state index contributed by atoms with van der Waals surface area (Å²) in [5.74, 6) is 0.190. The van der Waals surface area contributed by atoms with E-state index in [0.29, 0.717) is 24.7 Å². The third-order valence-electron chi connectivity index (χ3n) is 4.91. The summed E-state index contributed by atoms with van der Waals surface area (Å²) in [6.45, 7) is 0.540. The van der Waals surface area contributed by atoms with E-state index in [1.807, 2.05) is 0 Å². The molecule has 2 atom stereocenters. The maximum absolute atomic E-state index is 12.1. The van der Waals surface area contributed by atoms with Crippen molar-refractivity contribution in [2.45, 2.75) is 75.6 Å². The van der Waals surface area contributed by atoms with Crippen LogP contribution in [0.4, 0.5) is 0 Å². The average molecular weight is 252 g/mol. The normalized spacial score (nSPS) is 37.1. The van der Waals surface area contributed by atoms with Crippen LogP contribution in [0, 0.1) is 0 Å². The number of aliphatic hydroxyl groups excluding tert-OH is 1. The zero-order valence-corrected chi connectivity index (χ0v) is 11.0. The van der Waals surface area contributed by atoms with E-state index < -0.39 is 0 Å². The van der Waals surface area contributed by atoms with Crippen molar-refractivity contribution in [1.29, 1.82) is 0 Å². The van der Waals surface area contributed by atoms with Crippen LogP contribution in [0.1, 0.15) is 51.4 Å². The van der Waals surface area contributed by atoms with Crippen LogP contribution in [-0.2, 0) is 4.79 Å². The molecule has 0 aromatic rings. The van der Waals surface area contributed by atoms with Crippen LogP contribution in [0.25, 0.3) is 0 Å². The topological polar surface area (TPSA) is 52.6 Å². The summed E-state index contributed by atoms with van der Waals surface area (Å²) in [7, 11) is 0. The number of nitrogens with one attached hydrogen (secondary N) is 1. The Morgan fingerprint density at radius 3 is 2.33 bits per heavy atom. The van der Waals surface area contributed by atoms with Gasteiger partial charge in [-0.2, -0.15) is 0 Å².